The molecule has 4 rings (SSSR count). The van der Waals surface area contributed by atoms with Crippen LogP contribution in [0.4, 0.5) is 0 Å². The summed E-state index contributed by atoms with van der Waals surface area (Å²) in [5, 5.41) is 4.28. The summed E-state index contributed by atoms with van der Waals surface area (Å²) in [6.45, 7) is 8.76. The van der Waals surface area contributed by atoms with E-state index in [0.717, 1.165) is 59.9 Å². The Bertz CT molecular complexity index is 907. The van der Waals surface area contributed by atoms with Gasteiger partial charge in [-0.3, -0.25) is 14.6 Å². The number of carbonyl (C=O) groups excluding carboxylic acids is 1. The fourth-order valence-electron chi connectivity index (χ4n) is 3.68. The van der Waals surface area contributed by atoms with Crippen molar-refractivity contribution in [3.8, 4) is 0 Å². The van der Waals surface area contributed by atoms with Gasteiger partial charge in [-0.1, -0.05) is 18.2 Å². The van der Waals surface area contributed by atoms with E-state index >= 15 is 0 Å². The molecule has 0 aliphatic carbocycles. The molecule has 1 saturated heterocycles. The van der Waals surface area contributed by atoms with Crippen LogP contribution in [0.15, 0.2) is 35.8 Å². The normalized spacial score (nSPS) is 17.6. The van der Waals surface area contributed by atoms with E-state index in [1.165, 1.54) is 0 Å². The van der Waals surface area contributed by atoms with Crippen molar-refractivity contribution in [2.45, 2.75) is 26.4 Å². The van der Waals surface area contributed by atoms with E-state index in [1.807, 2.05) is 44.3 Å². The van der Waals surface area contributed by atoms with E-state index < -0.39 is 0 Å². The van der Waals surface area contributed by atoms with Crippen molar-refractivity contribution in [1.82, 2.24) is 19.8 Å². The molecule has 1 aliphatic heterocycles. The molecule has 6 heteroatoms. The molecule has 1 aromatic carbocycles. The summed E-state index contributed by atoms with van der Waals surface area (Å²) in [5.41, 5.74) is 2.98. The van der Waals surface area contributed by atoms with Crippen LogP contribution in [-0.2, 0) is 6.54 Å². The Morgan fingerprint density at radius 3 is 2.77 bits per heavy atom. The number of carbonyl (C=O) groups is 1. The van der Waals surface area contributed by atoms with Gasteiger partial charge in [-0.2, -0.15) is 0 Å². The molecule has 5 nitrogen and oxygen atoms in total. The SMILES string of the molecule is Cc1nc(CN2CCN([C@@H](C)C(=O)c3c[nH]c4ccccc34)CC2)cs1. The third-order valence-electron chi connectivity index (χ3n) is 5.24. The van der Waals surface area contributed by atoms with Gasteiger partial charge in [0.2, 0.25) is 0 Å². The van der Waals surface area contributed by atoms with Crippen LogP contribution in [0.25, 0.3) is 10.9 Å². The van der Waals surface area contributed by atoms with Gasteiger partial charge in [0, 0.05) is 60.8 Å². The first-order chi connectivity index (χ1) is 12.6. The quantitative estimate of drug-likeness (QED) is 0.702. The van der Waals surface area contributed by atoms with Gasteiger partial charge in [-0.15, -0.1) is 11.3 Å². The molecule has 0 spiro atoms. The van der Waals surface area contributed by atoms with Crippen molar-refractivity contribution in [3.63, 3.8) is 0 Å². The summed E-state index contributed by atoms with van der Waals surface area (Å²) in [5.74, 6) is 0.200. The van der Waals surface area contributed by atoms with E-state index in [9.17, 15) is 4.79 Å². The van der Waals surface area contributed by atoms with Crippen molar-refractivity contribution in [2.75, 3.05) is 26.2 Å². The standard InChI is InChI=1S/C20H24N4OS/c1-14(20(25)18-11-21-19-6-4-3-5-17(18)19)24-9-7-23(8-10-24)12-16-13-26-15(2)22-16/h3-6,11,13-14,21H,7-10,12H2,1-2H3/t14-/m0/s1. The second kappa shape index (κ2) is 7.31. The number of para-hydroxylation sites is 1. The molecular weight excluding hydrogens is 344 g/mol. The molecule has 1 N–H and O–H groups in total. The van der Waals surface area contributed by atoms with Gasteiger partial charge >= 0.3 is 0 Å². The number of aromatic amines is 1. The van der Waals surface area contributed by atoms with Crippen LogP contribution in [0.1, 0.15) is 28.0 Å². The molecule has 3 aromatic rings. The van der Waals surface area contributed by atoms with Crippen LogP contribution in [-0.4, -0.2) is 57.8 Å². The van der Waals surface area contributed by atoms with Gasteiger partial charge in [0.25, 0.3) is 0 Å². The highest BCUT2D eigenvalue weighted by Gasteiger charge is 2.27. The fourth-order valence-corrected chi connectivity index (χ4v) is 4.29. The molecule has 3 heterocycles. The highest BCUT2D eigenvalue weighted by molar-refractivity contribution is 7.09. The van der Waals surface area contributed by atoms with Crippen LogP contribution in [0, 0.1) is 6.92 Å². The summed E-state index contributed by atoms with van der Waals surface area (Å²) >= 11 is 1.71. The second-order valence-electron chi connectivity index (χ2n) is 6.96. The number of nitrogens with zero attached hydrogens (tertiary/aromatic N) is 3. The van der Waals surface area contributed by atoms with Crippen LogP contribution in [0.5, 0.6) is 0 Å². The first-order valence-corrected chi connectivity index (χ1v) is 9.97. The number of aromatic nitrogens is 2. The Hall–Kier alpha value is -2.02. The van der Waals surface area contributed by atoms with Crippen LogP contribution < -0.4 is 0 Å². The maximum absolute atomic E-state index is 13.0. The number of rotatable bonds is 5. The smallest absolute Gasteiger partial charge is 0.181 e. The number of hydrogen-bond donors (Lipinski definition) is 1. The lowest BCUT2D eigenvalue weighted by Crippen LogP contribution is -2.51. The summed E-state index contributed by atoms with van der Waals surface area (Å²) in [7, 11) is 0. The molecule has 26 heavy (non-hydrogen) atoms. The van der Waals surface area contributed by atoms with E-state index in [1.54, 1.807) is 11.3 Å². The highest BCUT2D eigenvalue weighted by Crippen LogP contribution is 2.21. The summed E-state index contributed by atoms with van der Waals surface area (Å²) in [6, 6.07) is 7.89. The first-order valence-electron chi connectivity index (χ1n) is 9.09. The monoisotopic (exact) mass is 368 g/mol. The fraction of sp³-hybridized carbons (Fsp3) is 0.400. The Morgan fingerprint density at radius 1 is 1.27 bits per heavy atom. The first kappa shape index (κ1) is 17.4. The topological polar surface area (TPSA) is 52.2 Å². The van der Waals surface area contributed by atoms with Crippen molar-refractivity contribution in [2.24, 2.45) is 0 Å². The summed E-state index contributed by atoms with van der Waals surface area (Å²) in [4.78, 5) is 25.5. The van der Waals surface area contributed by atoms with Crippen molar-refractivity contribution in [3.05, 3.63) is 52.1 Å². The van der Waals surface area contributed by atoms with Gasteiger partial charge in [-0.05, 0) is 19.9 Å². The molecule has 1 atom stereocenters. The zero-order valence-corrected chi connectivity index (χ0v) is 16.1. The maximum atomic E-state index is 13.0. The number of fused-ring (bicyclic) bond motifs is 1. The number of piperazine rings is 1. The van der Waals surface area contributed by atoms with E-state index in [-0.39, 0.29) is 11.8 Å². The maximum Gasteiger partial charge on any atom is 0.181 e. The van der Waals surface area contributed by atoms with Crippen molar-refractivity contribution >= 4 is 28.0 Å². The zero-order valence-electron chi connectivity index (χ0n) is 15.2. The Kier molecular flexibility index (Phi) is 4.89. The second-order valence-corrected chi connectivity index (χ2v) is 8.02. The average Bonchev–Trinajstić information content (AvgIpc) is 3.27. The Labute approximate surface area is 157 Å². The van der Waals surface area contributed by atoms with Crippen LogP contribution >= 0.6 is 11.3 Å². The highest BCUT2D eigenvalue weighted by atomic mass is 32.1. The van der Waals surface area contributed by atoms with Gasteiger partial charge in [-0.25, -0.2) is 4.98 Å². The molecule has 2 aromatic heterocycles. The minimum atomic E-state index is -0.0992. The van der Waals surface area contributed by atoms with Crippen molar-refractivity contribution in [1.29, 1.82) is 0 Å². The number of hydrogen-bond acceptors (Lipinski definition) is 5. The molecule has 1 fully saturated rings. The van der Waals surface area contributed by atoms with E-state index in [4.69, 9.17) is 0 Å². The Balaban J connectivity index is 1.38. The predicted molar refractivity (Wildman–Crippen MR) is 106 cm³/mol. The molecule has 0 amide bonds. The number of H-pyrrole nitrogens is 1. The number of aryl methyl sites for hydroxylation is 1. The predicted octanol–water partition coefficient (Wildman–Crippen LogP) is 3.32. The lowest BCUT2D eigenvalue weighted by Gasteiger charge is -2.37. The zero-order chi connectivity index (χ0) is 18.1. The van der Waals surface area contributed by atoms with E-state index in [0.29, 0.717) is 0 Å². The van der Waals surface area contributed by atoms with Crippen LogP contribution in [0.2, 0.25) is 0 Å². The molecular formula is C20H24N4OS. The van der Waals surface area contributed by atoms with Gasteiger partial charge in [0.15, 0.2) is 5.78 Å². The average molecular weight is 369 g/mol. The van der Waals surface area contributed by atoms with Crippen LogP contribution in [0.3, 0.4) is 0 Å². The number of ketones is 1. The Morgan fingerprint density at radius 2 is 2.04 bits per heavy atom. The number of Topliss-reactive ketones (excluding diaryl/α,β-unsaturated/α-hetero) is 1. The number of thiazole rings is 1. The molecule has 0 saturated carbocycles. The summed E-state index contributed by atoms with van der Waals surface area (Å²) in [6.07, 6.45) is 1.85. The minimum Gasteiger partial charge on any atom is -0.360 e. The minimum absolute atomic E-state index is 0.0992. The molecule has 136 valence electrons. The van der Waals surface area contributed by atoms with Gasteiger partial charge < -0.3 is 4.98 Å². The third kappa shape index (κ3) is 3.45. The number of benzene rings is 1. The molecule has 0 bridgehead atoms. The molecule has 1 aliphatic rings. The van der Waals surface area contributed by atoms with Gasteiger partial charge in [0.05, 0.1) is 16.7 Å². The lowest BCUT2D eigenvalue weighted by atomic mass is 10.0. The molecule has 0 radical (unpaired) electrons. The van der Waals surface area contributed by atoms with Crippen molar-refractivity contribution < 1.29 is 4.79 Å². The largest absolute Gasteiger partial charge is 0.360 e. The summed E-state index contributed by atoms with van der Waals surface area (Å²) < 4.78 is 0. The third-order valence-corrected chi connectivity index (χ3v) is 6.06. The molecule has 0 unspecified atom stereocenters. The number of nitrogens with one attached hydrogen (secondary N) is 1. The van der Waals surface area contributed by atoms with Gasteiger partial charge in [0.1, 0.15) is 0 Å². The van der Waals surface area contributed by atoms with E-state index in [2.05, 4.69) is 25.1 Å². The lowest BCUT2D eigenvalue weighted by molar-refractivity contribution is 0.0686.